The minimum Gasteiger partial charge on any atom is -0.307 e. The first-order chi connectivity index (χ1) is 25.8. The van der Waals surface area contributed by atoms with Gasteiger partial charge in [0.2, 0.25) is 0 Å². The van der Waals surface area contributed by atoms with Crippen molar-refractivity contribution in [3.63, 3.8) is 0 Å². The van der Waals surface area contributed by atoms with E-state index in [4.69, 9.17) is 9.97 Å². The van der Waals surface area contributed by atoms with Crippen molar-refractivity contribution in [2.45, 2.75) is 0 Å². The van der Waals surface area contributed by atoms with E-state index < -0.39 is 0 Å². The monoisotopic (exact) mass is 662 g/mol. The largest absolute Gasteiger partial charge is 0.307 e. The number of nitrogens with zero attached hydrogens (tertiary/aromatic N) is 4. The topological polar surface area (TPSA) is 35.6 Å². The molecule has 0 spiro atoms. The summed E-state index contributed by atoms with van der Waals surface area (Å²) in [5.41, 5.74) is 12.3. The lowest BCUT2D eigenvalue weighted by atomic mass is 9.98. The SMILES string of the molecule is c1ccc(-c2nc3cccc(-n4c5ccccc5c5c6ccccc6c6c7ccccc7n(-c7ccccc7)c6c54)c3nc2-c2ccccc2)cc1. The molecule has 0 saturated carbocycles. The van der Waals surface area contributed by atoms with Gasteiger partial charge >= 0.3 is 0 Å². The molecular weight excluding hydrogens is 633 g/mol. The summed E-state index contributed by atoms with van der Waals surface area (Å²) >= 11 is 0. The molecule has 0 fully saturated rings. The minimum absolute atomic E-state index is 0.850. The van der Waals surface area contributed by atoms with Gasteiger partial charge in [0.1, 0.15) is 5.52 Å². The molecule has 0 aliphatic heterocycles. The van der Waals surface area contributed by atoms with Crippen molar-refractivity contribution < 1.29 is 0 Å². The highest BCUT2D eigenvalue weighted by atomic mass is 15.1. The van der Waals surface area contributed by atoms with E-state index in [1.165, 1.54) is 43.4 Å². The molecule has 242 valence electrons. The van der Waals surface area contributed by atoms with E-state index in [0.29, 0.717) is 0 Å². The second-order valence-corrected chi connectivity index (χ2v) is 13.3. The maximum absolute atomic E-state index is 5.57. The first-order valence-electron chi connectivity index (χ1n) is 17.7. The van der Waals surface area contributed by atoms with Gasteiger partial charge in [-0.05, 0) is 47.2 Å². The van der Waals surface area contributed by atoms with Crippen LogP contribution in [0.4, 0.5) is 0 Å². The van der Waals surface area contributed by atoms with Crippen LogP contribution in [0.25, 0.3) is 99.3 Å². The maximum atomic E-state index is 5.57. The highest BCUT2D eigenvalue weighted by Crippen LogP contribution is 2.47. The van der Waals surface area contributed by atoms with Crippen molar-refractivity contribution in [3.05, 3.63) is 182 Å². The summed E-state index contributed by atoms with van der Waals surface area (Å²) in [6.45, 7) is 0. The Balaban J connectivity index is 1.37. The zero-order valence-electron chi connectivity index (χ0n) is 28.1. The number of aromatic nitrogens is 4. The Morgan fingerprint density at radius 1 is 0.346 bits per heavy atom. The number of hydrogen-bond donors (Lipinski definition) is 0. The number of benzene rings is 8. The highest BCUT2D eigenvalue weighted by molar-refractivity contribution is 6.36. The molecule has 4 nitrogen and oxygen atoms in total. The van der Waals surface area contributed by atoms with Crippen LogP contribution in [0.2, 0.25) is 0 Å². The zero-order chi connectivity index (χ0) is 34.2. The second kappa shape index (κ2) is 11.2. The van der Waals surface area contributed by atoms with Crippen LogP contribution in [-0.4, -0.2) is 19.1 Å². The van der Waals surface area contributed by atoms with E-state index in [0.717, 1.165) is 56.0 Å². The number of fused-ring (bicyclic) bond motifs is 11. The number of rotatable bonds is 4. The Morgan fingerprint density at radius 3 is 1.40 bits per heavy atom. The summed E-state index contributed by atoms with van der Waals surface area (Å²) in [4.78, 5) is 11.0. The third kappa shape index (κ3) is 4.09. The normalized spacial score (nSPS) is 11.8. The van der Waals surface area contributed by atoms with Gasteiger partial charge in [0, 0.05) is 38.4 Å². The molecule has 0 unspecified atom stereocenters. The molecule has 52 heavy (non-hydrogen) atoms. The van der Waals surface area contributed by atoms with Crippen molar-refractivity contribution >= 4 is 65.4 Å². The van der Waals surface area contributed by atoms with E-state index in [1.807, 2.05) is 12.1 Å². The number of para-hydroxylation sites is 4. The summed E-state index contributed by atoms with van der Waals surface area (Å²) in [6.07, 6.45) is 0. The maximum Gasteiger partial charge on any atom is 0.113 e. The van der Waals surface area contributed by atoms with Crippen LogP contribution < -0.4 is 0 Å². The Labute approximate surface area is 299 Å². The van der Waals surface area contributed by atoms with E-state index >= 15 is 0 Å². The standard InChI is InChI=1S/C48H30N4/c1-4-17-31(18-5-1)44-45(32-19-6-2-7-20-32)50-46-38(49-44)27-16-30-41(46)52-40-29-15-13-26-37(40)43-35-24-11-10-23-34(35)42-36-25-12-14-28-39(36)51(47(42)48(43)52)33-21-8-3-9-22-33/h1-30H. The minimum atomic E-state index is 0.850. The quantitative estimate of drug-likeness (QED) is 0.188. The lowest BCUT2D eigenvalue weighted by Crippen LogP contribution is -2.02. The van der Waals surface area contributed by atoms with Crippen LogP contribution in [0, 0.1) is 0 Å². The molecule has 0 radical (unpaired) electrons. The Bertz CT molecular complexity index is 3160. The van der Waals surface area contributed by atoms with Gasteiger partial charge in [-0.15, -0.1) is 0 Å². The van der Waals surface area contributed by atoms with Gasteiger partial charge in [-0.2, -0.15) is 0 Å². The van der Waals surface area contributed by atoms with Crippen LogP contribution >= 0.6 is 0 Å². The van der Waals surface area contributed by atoms with Crippen molar-refractivity contribution in [1.29, 1.82) is 0 Å². The van der Waals surface area contributed by atoms with Crippen molar-refractivity contribution in [1.82, 2.24) is 19.1 Å². The fourth-order valence-corrected chi connectivity index (χ4v) is 8.33. The summed E-state index contributed by atoms with van der Waals surface area (Å²) < 4.78 is 4.90. The van der Waals surface area contributed by atoms with Gasteiger partial charge in [-0.1, -0.05) is 146 Å². The molecule has 0 aliphatic rings. The van der Waals surface area contributed by atoms with Gasteiger partial charge in [-0.25, -0.2) is 9.97 Å². The first kappa shape index (κ1) is 28.8. The first-order valence-corrected chi connectivity index (χ1v) is 17.7. The lowest BCUT2D eigenvalue weighted by Gasteiger charge is -2.16. The molecule has 3 aromatic heterocycles. The number of hydrogen-bond acceptors (Lipinski definition) is 2. The third-order valence-electron chi connectivity index (χ3n) is 10.5. The van der Waals surface area contributed by atoms with Gasteiger partial charge in [0.15, 0.2) is 0 Å². The summed E-state index contributed by atoms with van der Waals surface area (Å²) in [5.74, 6) is 0. The van der Waals surface area contributed by atoms with Gasteiger partial charge in [0.05, 0.1) is 44.7 Å². The van der Waals surface area contributed by atoms with E-state index in [9.17, 15) is 0 Å². The fraction of sp³-hybridized carbons (Fsp3) is 0. The lowest BCUT2D eigenvalue weighted by molar-refractivity contribution is 1.15. The Kier molecular flexibility index (Phi) is 6.22. The molecule has 3 heterocycles. The summed E-state index contributed by atoms with van der Waals surface area (Å²) in [5, 5.41) is 7.39. The molecular formula is C48H30N4. The van der Waals surface area contributed by atoms with Crippen LogP contribution in [0.3, 0.4) is 0 Å². The van der Waals surface area contributed by atoms with Crippen molar-refractivity contribution in [2.75, 3.05) is 0 Å². The molecule has 0 aliphatic carbocycles. The Morgan fingerprint density at radius 2 is 0.808 bits per heavy atom. The predicted molar refractivity (Wildman–Crippen MR) is 217 cm³/mol. The molecule has 0 N–H and O–H groups in total. The van der Waals surface area contributed by atoms with Gasteiger partial charge in [0.25, 0.3) is 0 Å². The molecule has 8 aromatic carbocycles. The van der Waals surface area contributed by atoms with Gasteiger partial charge in [-0.3, -0.25) is 0 Å². The molecule has 11 rings (SSSR count). The fourth-order valence-electron chi connectivity index (χ4n) is 8.33. The van der Waals surface area contributed by atoms with Crippen molar-refractivity contribution in [2.24, 2.45) is 0 Å². The Hall–Kier alpha value is -7.04. The van der Waals surface area contributed by atoms with Crippen LogP contribution in [0.15, 0.2) is 182 Å². The predicted octanol–water partition coefficient (Wildman–Crippen LogP) is 12.3. The smallest absolute Gasteiger partial charge is 0.113 e. The van der Waals surface area contributed by atoms with Crippen LogP contribution in [0.1, 0.15) is 0 Å². The molecule has 0 atom stereocenters. The average molecular weight is 663 g/mol. The molecule has 0 amide bonds. The van der Waals surface area contributed by atoms with Crippen LogP contribution in [-0.2, 0) is 0 Å². The van der Waals surface area contributed by atoms with Gasteiger partial charge < -0.3 is 9.13 Å². The summed E-state index contributed by atoms with van der Waals surface area (Å²) in [6, 6.07) is 64.5. The van der Waals surface area contributed by atoms with E-state index in [-0.39, 0.29) is 0 Å². The highest BCUT2D eigenvalue weighted by Gasteiger charge is 2.26. The van der Waals surface area contributed by atoms with Crippen molar-refractivity contribution in [3.8, 4) is 33.9 Å². The third-order valence-corrected chi connectivity index (χ3v) is 10.5. The van der Waals surface area contributed by atoms with E-state index in [2.05, 4.69) is 179 Å². The average Bonchev–Trinajstić information content (AvgIpc) is 3.75. The molecule has 11 aromatic rings. The molecule has 0 saturated heterocycles. The summed E-state index contributed by atoms with van der Waals surface area (Å²) in [7, 11) is 0. The zero-order valence-corrected chi connectivity index (χ0v) is 28.1. The molecule has 0 bridgehead atoms. The van der Waals surface area contributed by atoms with Crippen LogP contribution in [0.5, 0.6) is 0 Å². The molecule has 4 heteroatoms. The second-order valence-electron chi connectivity index (χ2n) is 13.3. The van der Waals surface area contributed by atoms with E-state index in [1.54, 1.807) is 0 Å².